The zero-order valence-electron chi connectivity index (χ0n) is 21.4. The quantitative estimate of drug-likeness (QED) is 0.167. The molecule has 0 saturated carbocycles. The molecule has 1 aliphatic rings. The number of benzene rings is 3. The molecule has 1 aliphatic heterocycles. The molecule has 2 atom stereocenters. The Labute approximate surface area is 252 Å². The molecule has 0 bridgehead atoms. The number of aliphatic hydroxyl groups is 1. The van der Waals surface area contributed by atoms with E-state index >= 15 is 0 Å². The maximum atomic E-state index is 13.8. The van der Waals surface area contributed by atoms with Gasteiger partial charge in [-0.2, -0.15) is 13.2 Å². The third-order valence-corrected chi connectivity index (χ3v) is 7.24. The number of amides is 1. The van der Waals surface area contributed by atoms with Crippen LogP contribution in [-0.2, 0) is 16.0 Å². The van der Waals surface area contributed by atoms with Gasteiger partial charge < -0.3 is 14.6 Å². The smallest absolute Gasteiger partial charge is 0.402 e. The number of carbonyl (C=O) groups excluding carboxylic acids is 1. The topological polar surface area (TPSA) is 92.2 Å². The molecule has 0 saturated heterocycles. The van der Waals surface area contributed by atoms with Crippen molar-refractivity contribution in [3.63, 3.8) is 0 Å². The fourth-order valence-electron chi connectivity index (χ4n) is 4.22. The van der Waals surface area contributed by atoms with Gasteiger partial charge in [-0.3, -0.25) is 10.2 Å². The lowest BCUT2D eigenvalue weighted by molar-refractivity contribution is -0.136. The van der Waals surface area contributed by atoms with Gasteiger partial charge in [0, 0.05) is 45.1 Å². The number of carbonyl (C=O) groups is 1. The number of aliphatic hydroxyl groups excluding tert-OH is 1. The van der Waals surface area contributed by atoms with Gasteiger partial charge in [-0.1, -0.05) is 57.3 Å². The van der Waals surface area contributed by atoms with Crippen LogP contribution in [0.25, 0.3) is 0 Å². The lowest BCUT2D eigenvalue weighted by Gasteiger charge is -2.31. The van der Waals surface area contributed by atoms with E-state index < -0.39 is 30.3 Å². The van der Waals surface area contributed by atoms with Gasteiger partial charge in [0.05, 0.1) is 6.61 Å². The minimum atomic E-state index is -4.56. The highest BCUT2D eigenvalue weighted by molar-refractivity contribution is 9.10. The summed E-state index contributed by atoms with van der Waals surface area (Å²) in [5, 5.41) is 9.52. The molecule has 1 heterocycles. The zero-order chi connectivity index (χ0) is 29.6. The Kier molecular flexibility index (Phi) is 10.2. The number of ether oxygens (including phenoxy) is 2. The van der Waals surface area contributed by atoms with Crippen LogP contribution in [-0.4, -0.2) is 48.4 Å². The van der Waals surface area contributed by atoms with Gasteiger partial charge in [0.1, 0.15) is 12.3 Å². The van der Waals surface area contributed by atoms with E-state index in [0.717, 1.165) is 4.47 Å². The fraction of sp³-hybridized carbons (Fsp3) is 0.286. The first-order chi connectivity index (χ1) is 19.5. The molecule has 0 aliphatic carbocycles. The molecule has 3 aromatic rings. The molecule has 218 valence electrons. The van der Waals surface area contributed by atoms with E-state index in [1.54, 1.807) is 60.7 Å². The Balaban J connectivity index is 1.78. The van der Waals surface area contributed by atoms with Crippen LogP contribution in [0.1, 0.15) is 29.2 Å². The Bertz CT molecular complexity index is 1390. The SMILES string of the molecule is O=C(NNCC(F)(F)F)[C@@]1(Cc2ccc(Br)cc2)N=C(c2ccc(OCCCO)cc2)O[C@H]1c1ccc(Cl)cc1Cl. The highest BCUT2D eigenvalue weighted by atomic mass is 79.9. The summed E-state index contributed by atoms with van der Waals surface area (Å²) in [7, 11) is 0. The lowest BCUT2D eigenvalue weighted by Crippen LogP contribution is -2.55. The lowest BCUT2D eigenvalue weighted by atomic mass is 9.82. The first kappa shape index (κ1) is 31.1. The summed E-state index contributed by atoms with van der Waals surface area (Å²) >= 11 is 16.1. The number of hydrogen-bond acceptors (Lipinski definition) is 6. The summed E-state index contributed by atoms with van der Waals surface area (Å²) in [5.74, 6) is -0.209. The van der Waals surface area contributed by atoms with E-state index in [0.29, 0.717) is 40.5 Å². The van der Waals surface area contributed by atoms with Crippen molar-refractivity contribution in [3.05, 3.63) is 97.9 Å². The third-order valence-electron chi connectivity index (χ3n) is 6.15. The summed E-state index contributed by atoms with van der Waals surface area (Å²) < 4.78 is 51.3. The number of hydrazine groups is 1. The average molecular weight is 675 g/mol. The van der Waals surface area contributed by atoms with Gasteiger partial charge in [0.15, 0.2) is 11.6 Å². The Morgan fingerprint density at radius 2 is 1.80 bits per heavy atom. The maximum Gasteiger partial charge on any atom is 0.402 e. The Morgan fingerprint density at radius 1 is 1.10 bits per heavy atom. The van der Waals surface area contributed by atoms with Crippen molar-refractivity contribution in [1.29, 1.82) is 0 Å². The van der Waals surface area contributed by atoms with Crippen molar-refractivity contribution in [3.8, 4) is 5.75 Å². The summed E-state index contributed by atoms with van der Waals surface area (Å²) in [4.78, 5) is 18.6. The van der Waals surface area contributed by atoms with Gasteiger partial charge >= 0.3 is 6.18 Å². The van der Waals surface area contributed by atoms with Crippen LogP contribution in [0.3, 0.4) is 0 Å². The van der Waals surface area contributed by atoms with Crippen molar-refractivity contribution >= 4 is 50.9 Å². The minimum absolute atomic E-state index is 0.00226. The van der Waals surface area contributed by atoms with E-state index in [-0.39, 0.29) is 23.9 Å². The van der Waals surface area contributed by atoms with Gasteiger partial charge in [-0.15, -0.1) is 0 Å². The van der Waals surface area contributed by atoms with Gasteiger partial charge in [0.2, 0.25) is 5.90 Å². The first-order valence-corrected chi connectivity index (χ1v) is 14.0. The molecule has 7 nitrogen and oxygen atoms in total. The second-order valence-electron chi connectivity index (χ2n) is 9.18. The second kappa shape index (κ2) is 13.4. The molecule has 41 heavy (non-hydrogen) atoms. The Morgan fingerprint density at radius 3 is 2.44 bits per heavy atom. The number of aliphatic imine (C=N–C) groups is 1. The molecule has 0 radical (unpaired) electrons. The molecule has 0 fully saturated rings. The van der Waals surface area contributed by atoms with Crippen molar-refractivity contribution in [1.82, 2.24) is 10.9 Å². The van der Waals surface area contributed by atoms with E-state index in [4.69, 9.17) is 42.8 Å². The van der Waals surface area contributed by atoms with Crippen LogP contribution in [0.5, 0.6) is 5.75 Å². The molecule has 4 rings (SSSR count). The first-order valence-electron chi connectivity index (χ1n) is 12.4. The minimum Gasteiger partial charge on any atom is -0.494 e. The summed E-state index contributed by atoms with van der Waals surface area (Å²) in [5.41, 5.74) is 3.93. The summed E-state index contributed by atoms with van der Waals surface area (Å²) in [6, 6.07) is 18.5. The van der Waals surface area contributed by atoms with E-state index in [9.17, 15) is 18.0 Å². The number of hydrogen-bond donors (Lipinski definition) is 3. The molecule has 0 spiro atoms. The van der Waals surface area contributed by atoms with Crippen LogP contribution in [0, 0.1) is 0 Å². The largest absolute Gasteiger partial charge is 0.494 e. The van der Waals surface area contributed by atoms with E-state index in [1.165, 1.54) is 6.07 Å². The van der Waals surface area contributed by atoms with Crippen LogP contribution in [0.4, 0.5) is 13.2 Å². The predicted octanol–water partition coefficient (Wildman–Crippen LogP) is 6.20. The van der Waals surface area contributed by atoms with Crippen LogP contribution >= 0.6 is 39.1 Å². The molecule has 0 aromatic heterocycles. The fourth-order valence-corrected chi connectivity index (χ4v) is 4.99. The number of alkyl halides is 3. The van der Waals surface area contributed by atoms with E-state index in [1.807, 2.05) is 5.43 Å². The van der Waals surface area contributed by atoms with E-state index in [2.05, 4.69) is 21.4 Å². The zero-order valence-corrected chi connectivity index (χ0v) is 24.4. The summed E-state index contributed by atoms with van der Waals surface area (Å²) in [6.45, 7) is -1.13. The van der Waals surface area contributed by atoms with Crippen LogP contribution in [0.2, 0.25) is 10.0 Å². The molecule has 3 aromatic carbocycles. The van der Waals surface area contributed by atoms with Crippen molar-refractivity contribution < 1.29 is 32.5 Å². The molecular formula is C28H25BrCl2F3N3O4. The number of halogens is 6. The average Bonchev–Trinajstić information content (AvgIpc) is 3.30. The summed E-state index contributed by atoms with van der Waals surface area (Å²) in [6.07, 6.45) is -5.25. The monoisotopic (exact) mass is 673 g/mol. The number of rotatable bonds is 11. The molecule has 0 unspecified atom stereocenters. The maximum absolute atomic E-state index is 13.8. The molecule has 13 heteroatoms. The molecular weight excluding hydrogens is 650 g/mol. The highest BCUT2D eigenvalue weighted by Gasteiger charge is 2.54. The van der Waals surface area contributed by atoms with Gasteiger partial charge in [-0.05, 0) is 54.1 Å². The third kappa shape index (κ3) is 7.92. The molecule has 1 amide bonds. The van der Waals surface area contributed by atoms with Crippen LogP contribution < -0.4 is 15.6 Å². The highest BCUT2D eigenvalue weighted by Crippen LogP contribution is 2.45. The van der Waals surface area contributed by atoms with Gasteiger partial charge in [0.25, 0.3) is 5.91 Å². The van der Waals surface area contributed by atoms with Crippen molar-refractivity contribution in [2.24, 2.45) is 4.99 Å². The number of nitrogens with zero attached hydrogens (tertiary/aromatic N) is 1. The van der Waals surface area contributed by atoms with Crippen molar-refractivity contribution in [2.45, 2.75) is 30.7 Å². The van der Waals surface area contributed by atoms with Crippen LogP contribution in [0.15, 0.2) is 76.2 Å². The normalized spacial score (nSPS) is 18.5. The standard InChI is InChI=1S/C28H25BrCl2F3N3O4/c29-19-6-2-17(3-7-19)15-27(26(39)37-35-16-28(32,33)34)24(22-11-8-20(30)14-23(22)31)41-25(36-27)18-4-9-21(10-5-18)40-13-1-12-38/h2-11,14,24,35,38H,1,12-13,15-16H2,(H,37,39)/t24-,27-/m0/s1. The van der Waals surface area contributed by atoms with Crippen molar-refractivity contribution in [2.75, 3.05) is 19.8 Å². The Hall–Kier alpha value is -2.83. The predicted molar refractivity (Wildman–Crippen MR) is 153 cm³/mol. The van der Waals surface area contributed by atoms with Gasteiger partial charge in [-0.25, -0.2) is 10.4 Å². The second-order valence-corrected chi connectivity index (χ2v) is 10.9. The number of nitrogens with one attached hydrogen (secondary N) is 2. The molecule has 3 N–H and O–H groups in total.